The molecule has 2 N–H and O–H groups in total. The number of allylic oxidation sites excluding steroid dienone is 2. The van der Waals surface area contributed by atoms with Crippen molar-refractivity contribution in [1.29, 1.82) is 0 Å². The Morgan fingerprint density at radius 1 is 1.06 bits per heavy atom. The van der Waals surface area contributed by atoms with Crippen LogP contribution in [0.2, 0.25) is 0 Å². The van der Waals surface area contributed by atoms with Crippen molar-refractivity contribution < 1.29 is 205 Å². The second-order valence-electron chi connectivity index (χ2n) is 2.50. The van der Waals surface area contributed by atoms with Gasteiger partial charge in [0.15, 0.2) is 0 Å². The second-order valence-corrected chi connectivity index (χ2v) is 3.66. The van der Waals surface area contributed by atoms with Crippen molar-refractivity contribution in [3.63, 3.8) is 0 Å². The van der Waals surface area contributed by atoms with Gasteiger partial charge in [0.05, 0.1) is 0 Å². The van der Waals surface area contributed by atoms with E-state index in [9.17, 15) is 4.57 Å². The van der Waals surface area contributed by atoms with Crippen LogP contribution in [-0.2, 0) is 9.09 Å². The van der Waals surface area contributed by atoms with Crippen LogP contribution < -0.4 is 177 Å². The average molecular weight is 322 g/mol. The molecule has 11 heteroatoms. The molecule has 0 unspecified atom stereocenters. The Labute approximate surface area is 245 Å². The fourth-order valence-corrected chi connectivity index (χ4v) is 1.52. The van der Waals surface area contributed by atoms with E-state index in [4.69, 9.17) is 9.79 Å². The van der Waals surface area contributed by atoms with Crippen molar-refractivity contribution in [2.24, 2.45) is 0 Å². The van der Waals surface area contributed by atoms with E-state index in [1.807, 2.05) is 0 Å². The third kappa shape index (κ3) is 24.1. The zero-order chi connectivity index (χ0) is 8.32. The molecular weight excluding hydrogens is 305 g/mol. The number of phosphoric acid groups is 1. The molecule has 1 aliphatic rings. The summed E-state index contributed by atoms with van der Waals surface area (Å²) < 4.78 is 14.7. The molecule has 0 heterocycles. The Balaban J connectivity index is -0.0000000101. The van der Waals surface area contributed by atoms with Gasteiger partial charge in [0.25, 0.3) is 0 Å². The van der Waals surface area contributed by atoms with Crippen LogP contribution in [0.4, 0.5) is 0 Å². The third-order valence-corrected chi connectivity index (χ3v) is 1.96. The normalized spacial score (nSPS) is 12.5. The van der Waals surface area contributed by atoms with Crippen molar-refractivity contribution in [2.45, 2.75) is 25.7 Å². The summed E-state index contributed by atoms with van der Waals surface area (Å²) in [6.07, 6.45) is 5.27. The Bertz CT molecular complexity index is 240. The first-order valence-electron chi connectivity index (χ1n) is 3.52. The fraction of sp³-hybridized carbons (Fsp3) is 0.667. The summed E-state index contributed by atoms with van der Waals surface area (Å²) in [5.41, 5.74) is 0. The van der Waals surface area contributed by atoms with Gasteiger partial charge in [-0.25, -0.2) is 4.57 Å². The maximum Gasteiger partial charge on any atom is 1.00 e. The van der Waals surface area contributed by atoms with E-state index in [0.717, 1.165) is 19.3 Å². The Morgan fingerprint density at radius 3 is 1.82 bits per heavy atom. The molecule has 0 amide bonds. The van der Waals surface area contributed by atoms with Gasteiger partial charge in [0.1, 0.15) is 5.76 Å². The molecule has 0 saturated carbocycles. The van der Waals surface area contributed by atoms with Crippen LogP contribution in [0, 0.1) is 0 Å². The molecule has 0 radical (unpaired) electrons. The van der Waals surface area contributed by atoms with Gasteiger partial charge in [-0.3, -0.25) is 9.79 Å². The molecule has 1 rings (SSSR count). The van der Waals surface area contributed by atoms with Crippen LogP contribution in [0.1, 0.15) is 34.2 Å². The zero-order valence-electron chi connectivity index (χ0n) is 18.1. The van der Waals surface area contributed by atoms with Crippen LogP contribution in [0.15, 0.2) is 11.8 Å². The van der Waals surface area contributed by atoms with Crippen LogP contribution >= 0.6 is 7.82 Å². The van der Waals surface area contributed by atoms with Gasteiger partial charge in [0.2, 0.25) is 0 Å². The molecule has 17 heavy (non-hydrogen) atoms. The van der Waals surface area contributed by atoms with Crippen molar-refractivity contribution in [3.8, 4) is 0 Å². The minimum atomic E-state index is -4.30. The van der Waals surface area contributed by atoms with Gasteiger partial charge in [0, 0.05) is 6.42 Å². The summed E-state index contributed by atoms with van der Waals surface area (Å²) in [5.74, 6) is 0.435. The molecule has 0 saturated heterocycles. The summed E-state index contributed by atoms with van der Waals surface area (Å²) in [4.78, 5) is 16.8. The van der Waals surface area contributed by atoms with Crippen molar-refractivity contribution >= 4 is 7.82 Å². The molecular formula is C6H17Na6O4P. The number of hydrogen-bond acceptors (Lipinski definition) is 2. The van der Waals surface area contributed by atoms with Crippen LogP contribution in [0.25, 0.3) is 0 Å². The van der Waals surface area contributed by atoms with Crippen LogP contribution in [0.3, 0.4) is 0 Å². The molecule has 0 atom stereocenters. The number of phosphoric ester groups is 1. The first kappa shape index (κ1) is 38.3. The molecule has 0 aromatic rings. The average Bonchev–Trinajstić information content (AvgIpc) is 1.85. The van der Waals surface area contributed by atoms with Gasteiger partial charge in [-0.15, -0.1) is 0 Å². The van der Waals surface area contributed by atoms with Gasteiger partial charge in [-0.2, -0.15) is 0 Å². The predicted octanol–water partition coefficient (Wildman–Crippen LogP) is -15.7. The van der Waals surface area contributed by atoms with E-state index in [2.05, 4.69) is 4.52 Å². The molecule has 0 aromatic heterocycles. The molecule has 76 valence electrons. The van der Waals surface area contributed by atoms with Gasteiger partial charge in [-0.05, 0) is 25.3 Å². The summed E-state index contributed by atoms with van der Waals surface area (Å²) in [6.45, 7) is 0. The standard InChI is InChI=1S/C6H11O4P.6Na.6H/c7-11(8,9)10-6-4-2-1-3-5-6;;;;;;;;;;;;/h4H,1-3,5H2,(H2,7,8,9);;;;;;;;;;;;/q;6*+1;6*-1. The van der Waals surface area contributed by atoms with Crippen molar-refractivity contribution in [3.05, 3.63) is 11.8 Å². The number of hydrogen-bond donors (Lipinski definition) is 2. The molecule has 0 fully saturated rings. The summed E-state index contributed by atoms with van der Waals surface area (Å²) in [6, 6.07) is 0. The van der Waals surface area contributed by atoms with E-state index in [0.29, 0.717) is 12.2 Å². The smallest absolute Gasteiger partial charge is 1.00 e. The molecule has 0 aromatic carbocycles. The largest absolute Gasteiger partial charge is 1.00 e. The predicted molar refractivity (Wildman–Crippen MR) is 46.4 cm³/mol. The van der Waals surface area contributed by atoms with E-state index < -0.39 is 7.82 Å². The van der Waals surface area contributed by atoms with E-state index in [1.54, 1.807) is 6.08 Å². The van der Waals surface area contributed by atoms with Crippen LogP contribution in [-0.4, -0.2) is 9.79 Å². The first-order valence-corrected chi connectivity index (χ1v) is 5.05. The molecule has 1 aliphatic carbocycles. The van der Waals surface area contributed by atoms with Crippen LogP contribution in [0.5, 0.6) is 0 Å². The van der Waals surface area contributed by atoms with E-state index >= 15 is 0 Å². The quantitative estimate of drug-likeness (QED) is 0.391. The minimum Gasteiger partial charge on any atom is -1.00 e. The summed E-state index contributed by atoms with van der Waals surface area (Å²) in [7, 11) is -4.30. The van der Waals surface area contributed by atoms with Gasteiger partial charge < -0.3 is 13.1 Å². The fourth-order valence-electron chi connectivity index (χ4n) is 1.04. The van der Waals surface area contributed by atoms with Gasteiger partial charge >= 0.3 is 185 Å². The Hall–Kier alpha value is 5.69. The maximum absolute atomic E-state index is 10.3. The summed E-state index contributed by atoms with van der Waals surface area (Å²) in [5, 5.41) is 0. The molecule has 0 spiro atoms. The minimum absolute atomic E-state index is 0. The first-order chi connectivity index (χ1) is 5.08. The SMILES string of the molecule is O=P(O)(O)OC1=CCCCC1.[H-].[H-].[H-].[H-].[H-].[H-].[Na+].[Na+].[Na+].[Na+].[Na+].[Na+]. The topological polar surface area (TPSA) is 66.8 Å². The number of rotatable bonds is 2. The molecule has 0 bridgehead atoms. The van der Waals surface area contributed by atoms with Gasteiger partial charge in [-0.1, -0.05) is 0 Å². The summed E-state index contributed by atoms with van der Waals surface area (Å²) >= 11 is 0. The maximum atomic E-state index is 10.3. The van der Waals surface area contributed by atoms with E-state index in [1.165, 1.54) is 0 Å². The molecule has 0 aliphatic heterocycles. The Kier molecular flexibility index (Phi) is 48.9. The van der Waals surface area contributed by atoms with Crippen molar-refractivity contribution in [1.82, 2.24) is 0 Å². The third-order valence-electron chi connectivity index (χ3n) is 1.49. The molecule has 4 nitrogen and oxygen atoms in total. The van der Waals surface area contributed by atoms with E-state index in [-0.39, 0.29) is 186 Å². The Morgan fingerprint density at radius 2 is 1.53 bits per heavy atom. The monoisotopic (exact) mass is 322 g/mol. The second kappa shape index (κ2) is 21.7. The zero-order valence-corrected chi connectivity index (χ0v) is 25.0. The van der Waals surface area contributed by atoms with Crippen molar-refractivity contribution in [2.75, 3.05) is 0 Å².